The molecule has 0 aliphatic rings. The number of fused-ring (bicyclic) bond motifs is 1. The summed E-state index contributed by atoms with van der Waals surface area (Å²) in [6.45, 7) is 3.59. The lowest BCUT2D eigenvalue weighted by atomic mass is 10.1. The summed E-state index contributed by atoms with van der Waals surface area (Å²) in [4.78, 5) is 20.6. The van der Waals surface area contributed by atoms with Gasteiger partial charge in [-0.05, 0) is 38.1 Å². The van der Waals surface area contributed by atoms with Gasteiger partial charge >= 0.3 is 5.69 Å². The molecule has 1 heterocycles. The first-order valence-corrected chi connectivity index (χ1v) is 8.49. The van der Waals surface area contributed by atoms with Crippen molar-refractivity contribution in [3.8, 4) is 0 Å². The van der Waals surface area contributed by atoms with Crippen molar-refractivity contribution in [2.24, 2.45) is 5.10 Å². The number of rotatable bonds is 5. The molecule has 3 aromatic rings. The van der Waals surface area contributed by atoms with Gasteiger partial charge in [0.05, 0.1) is 15.9 Å². The van der Waals surface area contributed by atoms with Gasteiger partial charge in [0.15, 0.2) is 5.76 Å². The third kappa shape index (κ3) is 3.65. The molecular weight excluding hydrogens is 420 g/mol. The zero-order chi connectivity index (χ0) is 19.7. The van der Waals surface area contributed by atoms with Crippen molar-refractivity contribution in [3.05, 3.63) is 72.4 Å². The van der Waals surface area contributed by atoms with Crippen LogP contribution in [0.5, 0.6) is 0 Å². The molecule has 0 aliphatic heterocycles. The van der Waals surface area contributed by atoms with E-state index in [1.807, 2.05) is 25.1 Å². The largest absolute Gasteiger partial charge is 0.454 e. The standard InChI is InChI=1S/C17H13BrN4O5/c1-9-13-7-11(18)3-6-16(13)27-17(9)10(2)19-20-14-5-4-12(21(23)24)8-15(14)22(25)26/h3-8,20H,1-2H3/b19-10+. The lowest BCUT2D eigenvalue weighted by Crippen LogP contribution is -2.02. The van der Waals surface area contributed by atoms with E-state index in [0.29, 0.717) is 17.1 Å². The first-order valence-electron chi connectivity index (χ1n) is 7.70. The normalized spacial score (nSPS) is 11.6. The van der Waals surface area contributed by atoms with Crippen LogP contribution in [0, 0.1) is 27.2 Å². The van der Waals surface area contributed by atoms with Gasteiger partial charge in [-0.15, -0.1) is 0 Å². The molecule has 0 radical (unpaired) electrons. The van der Waals surface area contributed by atoms with Crippen LogP contribution in [0.3, 0.4) is 0 Å². The second-order valence-electron chi connectivity index (χ2n) is 5.72. The van der Waals surface area contributed by atoms with Crippen molar-refractivity contribution < 1.29 is 14.3 Å². The van der Waals surface area contributed by atoms with Gasteiger partial charge in [0.25, 0.3) is 5.69 Å². The van der Waals surface area contributed by atoms with E-state index in [0.717, 1.165) is 21.5 Å². The van der Waals surface area contributed by atoms with Crippen LogP contribution in [0.25, 0.3) is 11.0 Å². The molecule has 0 saturated carbocycles. The highest BCUT2D eigenvalue weighted by molar-refractivity contribution is 9.10. The Kier molecular flexibility index (Phi) is 4.91. The van der Waals surface area contributed by atoms with Crippen molar-refractivity contribution in [3.63, 3.8) is 0 Å². The maximum atomic E-state index is 11.2. The van der Waals surface area contributed by atoms with E-state index in [9.17, 15) is 20.2 Å². The average Bonchev–Trinajstić information content (AvgIpc) is 2.95. The zero-order valence-corrected chi connectivity index (χ0v) is 15.8. The van der Waals surface area contributed by atoms with Crippen molar-refractivity contribution in [2.45, 2.75) is 13.8 Å². The predicted molar refractivity (Wildman–Crippen MR) is 104 cm³/mol. The van der Waals surface area contributed by atoms with Gasteiger partial charge in [-0.1, -0.05) is 15.9 Å². The second-order valence-corrected chi connectivity index (χ2v) is 6.64. The van der Waals surface area contributed by atoms with E-state index in [-0.39, 0.29) is 11.4 Å². The summed E-state index contributed by atoms with van der Waals surface area (Å²) >= 11 is 3.42. The molecule has 10 heteroatoms. The average molecular weight is 433 g/mol. The number of hydrazone groups is 1. The Morgan fingerprint density at radius 2 is 1.89 bits per heavy atom. The molecule has 1 N–H and O–H groups in total. The molecule has 0 atom stereocenters. The predicted octanol–water partition coefficient (Wildman–Crippen LogP) is 5.16. The maximum absolute atomic E-state index is 11.2. The number of nitro benzene ring substituents is 2. The molecule has 0 unspecified atom stereocenters. The molecule has 0 fully saturated rings. The number of aryl methyl sites for hydroxylation is 1. The molecule has 27 heavy (non-hydrogen) atoms. The topological polar surface area (TPSA) is 124 Å². The Hall–Kier alpha value is -3.27. The Morgan fingerprint density at radius 1 is 1.15 bits per heavy atom. The number of non-ortho nitro benzene ring substituents is 1. The van der Waals surface area contributed by atoms with Crippen LogP contribution in [0.1, 0.15) is 18.2 Å². The molecule has 2 aromatic carbocycles. The number of nitrogens with one attached hydrogen (secondary N) is 1. The molecule has 0 amide bonds. The van der Waals surface area contributed by atoms with Crippen LogP contribution in [0.15, 0.2) is 50.4 Å². The Bertz CT molecular complexity index is 1110. The molecule has 0 spiro atoms. The monoisotopic (exact) mass is 432 g/mol. The van der Waals surface area contributed by atoms with Crippen LogP contribution >= 0.6 is 15.9 Å². The first-order chi connectivity index (χ1) is 12.8. The van der Waals surface area contributed by atoms with Crippen LogP contribution in [0.2, 0.25) is 0 Å². The third-order valence-electron chi connectivity index (χ3n) is 3.96. The van der Waals surface area contributed by atoms with Crippen molar-refractivity contribution in [1.29, 1.82) is 0 Å². The number of halogens is 1. The fourth-order valence-corrected chi connectivity index (χ4v) is 2.97. The van der Waals surface area contributed by atoms with Gasteiger partial charge in [0.1, 0.15) is 17.0 Å². The second kappa shape index (κ2) is 7.16. The summed E-state index contributed by atoms with van der Waals surface area (Å²) < 4.78 is 6.73. The minimum absolute atomic E-state index is 0.0430. The molecule has 1 aromatic heterocycles. The fourth-order valence-electron chi connectivity index (χ4n) is 2.61. The molecule has 138 valence electrons. The molecule has 9 nitrogen and oxygen atoms in total. The highest BCUT2D eigenvalue weighted by Gasteiger charge is 2.20. The zero-order valence-electron chi connectivity index (χ0n) is 14.2. The fraction of sp³-hybridized carbons (Fsp3) is 0.118. The highest BCUT2D eigenvalue weighted by atomic mass is 79.9. The minimum Gasteiger partial charge on any atom is -0.454 e. The Balaban J connectivity index is 1.95. The SMILES string of the molecule is C/C(=N\Nc1ccc([N+](=O)[O-])cc1[N+](=O)[O-])c1oc2ccc(Br)cc2c1C. The van der Waals surface area contributed by atoms with Gasteiger partial charge in [0, 0.05) is 21.5 Å². The lowest BCUT2D eigenvalue weighted by Gasteiger charge is -2.04. The van der Waals surface area contributed by atoms with Gasteiger partial charge in [-0.3, -0.25) is 25.7 Å². The van der Waals surface area contributed by atoms with Crippen LogP contribution in [0.4, 0.5) is 17.1 Å². The lowest BCUT2D eigenvalue weighted by molar-refractivity contribution is -0.393. The quantitative estimate of drug-likeness (QED) is 0.337. The smallest absolute Gasteiger partial charge is 0.301 e. The summed E-state index contributed by atoms with van der Waals surface area (Å²) in [5.41, 5.74) is 3.89. The number of hydrogen-bond donors (Lipinski definition) is 1. The van der Waals surface area contributed by atoms with Crippen molar-refractivity contribution in [2.75, 3.05) is 5.43 Å². The third-order valence-corrected chi connectivity index (χ3v) is 4.45. The van der Waals surface area contributed by atoms with E-state index < -0.39 is 15.5 Å². The molecule has 0 aliphatic carbocycles. The van der Waals surface area contributed by atoms with Gasteiger partial charge < -0.3 is 4.42 Å². The van der Waals surface area contributed by atoms with Crippen molar-refractivity contribution >= 4 is 49.7 Å². The summed E-state index contributed by atoms with van der Waals surface area (Å²) in [5, 5.41) is 27.1. The Morgan fingerprint density at radius 3 is 2.56 bits per heavy atom. The van der Waals surface area contributed by atoms with E-state index >= 15 is 0 Å². The number of nitro groups is 2. The van der Waals surface area contributed by atoms with E-state index in [1.165, 1.54) is 12.1 Å². The van der Waals surface area contributed by atoms with Gasteiger partial charge in [-0.2, -0.15) is 5.10 Å². The summed E-state index contributed by atoms with van der Waals surface area (Å²) in [5.74, 6) is 0.542. The van der Waals surface area contributed by atoms with Crippen LogP contribution in [-0.4, -0.2) is 15.6 Å². The number of anilines is 1. The molecular formula is C17H13BrN4O5. The van der Waals surface area contributed by atoms with E-state index in [4.69, 9.17) is 4.42 Å². The van der Waals surface area contributed by atoms with Crippen LogP contribution < -0.4 is 5.43 Å². The summed E-state index contributed by atoms with van der Waals surface area (Å²) in [6, 6.07) is 8.92. The Labute approximate surface area is 161 Å². The number of benzene rings is 2. The number of hydrogen-bond acceptors (Lipinski definition) is 7. The van der Waals surface area contributed by atoms with E-state index in [1.54, 1.807) is 6.92 Å². The summed E-state index contributed by atoms with van der Waals surface area (Å²) in [6.07, 6.45) is 0. The number of furan rings is 1. The van der Waals surface area contributed by atoms with Gasteiger partial charge in [0.2, 0.25) is 0 Å². The molecule has 3 rings (SSSR count). The maximum Gasteiger partial charge on any atom is 0.301 e. The van der Waals surface area contributed by atoms with Gasteiger partial charge in [-0.25, -0.2) is 0 Å². The minimum atomic E-state index is -0.704. The highest BCUT2D eigenvalue weighted by Crippen LogP contribution is 2.30. The molecule has 0 bridgehead atoms. The van der Waals surface area contributed by atoms with Crippen molar-refractivity contribution in [1.82, 2.24) is 0 Å². The van der Waals surface area contributed by atoms with Crippen LogP contribution in [-0.2, 0) is 0 Å². The molecule has 0 saturated heterocycles. The first kappa shape index (κ1) is 18.5. The van der Waals surface area contributed by atoms with E-state index in [2.05, 4.69) is 26.5 Å². The summed E-state index contributed by atoms with van der Waals surface area (Å²) in [7, 11) is 0. The number of nitrogens with zero attached hydrogens (tertiary/aromatic N) is 3.